The van der Waals surface area contributed by atoms with Gasteiger partial charge in [-0.15, -0.1) is 0 Å². The molecule has 4 aromatic carbocycles. The maximum atomic E-state index is 13.9. The summed E-state index contributed by atoms with van der Waals surface area (Å²) in [6.07, 6.45) is -4.37. The zero-order chi connectivity index (χ0) is 68.3. The van der Waals surface area contributed by atoms with E-state index in [1.54, 1.807) is 39.9 Å². The Labute approximate surface area is 560 Å². The average molecular weight is 1360 g/mol. The van der Waals surface area contributed by atoms with Gasteiger partial charge in [-0.3, -0.25) is 37.9 Å². The highest BCUT2D eigenvalue weighted by Gasteiger charge is 2.56. The Morgan fingerprint density at radius 3 is 1.03 bits per heavy atom. The molecule has 0 unspecified atom stereocenters. The van der Waals surface area contributed by atoms with Crippen LogP contribution in [0.15, 0.2) is 146 Å². The Morgan fingerprint density at radius 2 is 0.735 bits per heavy atom. The molecule has 4 fully saturated rings. The van der Waals surface area contributed by atoms with E-state index in [2.05, 4.69) is 27.3 Å². The van der Waals surface area contributed by atoms with Crippen LogP contribution < -0.4 is 18.9 Å². The van der Waals surface area contributed by atoms with Crippen molar-refractivity contribution in [3.8, 4) is 23.0 Å². The molecule has 0 N–H and O–H groups in total. The number of fused-ring (bicyclic) bond motifs is 4. The fraction of sp³-hybridized carbons (Fsp3) is 0.437. The summed E-state index contributed by atoms with van der Waals surface area (Å²) in [5, 5.41) is 17.5. The number of para-hydroxylation sites is 4. The molecule has 0 bridgehead atoms. The lowest BCUT2D eigenvalue weighted by Gasteiger charge is -2.35. The van der Waals surface area contributed by atoms with Crippen LogP contribution in [0.4, 0.5) is 30.7 Å². The van der Waals surface area contributed by atoms with Crippen LogP contribution in [-0.2, 0) is 52.6 Å². The number of halogens is 7. The van der Waals surface area contributed by atoms with Crippen molar-refractivity contribution in [1.82, 2.24) is 58.7 Å². The lowest BCUT2D eigenvalue weighted by Crippen LogP contribution is -2.53. The number of hydrogen-bond acceptors (Lipinski definition) is 12. The number of benzene rings is 4. The van der Waals surface area contributed by atoms with Gasteiger partial charge in [0.15, 0.2) is 0 Å². The first-order chi connectivity index (χ1) is 47.2. The van der Waals surface area contributed by atoms with E-state index in [0.29, 0.717) is 111 Å². The van der Waals surface area contributed by atoms with Crippen LogP contribution in [0.25, 0.3) is 0 Å². The molecule has 4 amide bonds. The maximum Gasteiger partial charge on any atom is 0.409 e. The first-order valence-corrected chi connectivity index (χ1v) is 33.2. The van der Waals surface area contributed by atoms with Crippen LogP contribution >= 0.6 is 0 Å². The fourth-order valence-electron chi connectivity index (χ4n) is 12.7. The predicted molar refractivity (Wildman–Crippen MR) is 341 cm³/mol. The first kappa shape index (κ1) is 66.9. The van der Waals surface area contributed by atoms with Crippen molar-refractivity contribution in [2.75, 3.05) is 39.3 Å². The van der Waals surface area contributed by atoms with Gasteiger partial charge in [-0.1, -0.05) is 79.7 Å². The number of carbonyl (C=O) groups excluding carboxylic acids is 4. The Hall–Kier alpha value is -9.69. The smallest absolute Gasteiger partial charge is 0.409 e. The second kappa shape index (κ2) is 28.4. The third-order valence-electron chi connectivity index (χ3n) is 18.6. The van der Waals surface area contributed by atoms with Crippen molar-refractivity contribution in [2.45, 2.75) is 135 Å². The Morgan fingerprint density at radius 1 is 0.439 bits per heavy atom. The molecular formula is C71H75F7N12O8. The fourth-order valence-corrected chi connectivity index (χ4v) is 12.7. The van der Waals surface area contributed by atoms with E-state index in [-0.39, 0.29) is 69.1 Å². The van der Waals surface area contributed by atoms with Gasteiger partial charge in [0, 0.05) is 32.7 Å². The number of carbonyl (C=O) groups is 4. The highest BCUT2D eigenvalue weighted by molar-refractivity contribution is 5.95. The molecule has 0 saturated heterocycles. The van der Waals surface area contributed by atoms with Gasteiger partial charge in [0.05, 0.1) is 32.7 Å². The van der Waals surface area contributed by atoms with E-state index in [9.17, 15) is 49.9 Å². The molecule has 4 aliphatic heterocycles. The van der Waals surface area contributed by atoms with Gasteiger partial charge < -0.3 is 38.5 Å². The zero-order valence-electron chi connectivity index (χ0n) is 53.9. The molecule has 98 heavy (non-hydrogen) atoms. The summed E-state index contributed by atoms with van der Waals surface area (Å²) < 4.78 is 123. The molecule has 8 aliphatic rings. The number of amides is 4. The summed E-state index contributed by atoms with van der Waals surface area (Å²) in [6.45, 7) is 7.55. The topological polar surface area (TPSA) is 189 Å². The molecule has 4 aromatic heterocycles. The second-order valence-corrected chi connectivity index (χ2v) is 26.1. The summed E-state index contributed by atoms with van der Waals surface area (Å²) in [5.74, 6) is 2.16. The molecule has 4 atom stereocenters. The minimum Gasteiger partial charge on any atom is -0.487 e. The van der Waals surface area contributed by atoms with Crippen LogP contribution in [0.1, 0.15) is 117 Å². The van der Waals surface area contributed by atoms with Crippen LogP contribution in [0.2, 0.25) is 0 Å². The van der Waals surface area contributed by atoms with Crippen molar-refractivity contribution >= 4 is 23.6 Å². The summed E-state index contributed by atoms with van der Waals surface area (Å²) in [5.41, 5.74) is 3.00. The van der Waals surface area contributed by atoms with E-state index >= 15 is 0 Å². The molecule has 4 saturated carbocycles. The number of hydrogen-bond donors (Lipinski definition) is 0. The van der Waals surface area contributed by atoms with E-state index in [1.807, 2.05) is 113 Å². The van der Waals surface area contributed by atoms with E-state index in [4.69, 9.17) is 18.9 Å². The lowest BCUT2D eigenvalue weighted by molar-refractivity contribution is -0.183. The molecular weight excluding hydrogens is 1280 g/mol. The van der Waals surface area contributed by atoms with Gasteiger partial charge in [0.1, 0.15) is 113 Å². The van der Waals surface area contributed by atoms with Crippen LogP contribution in [0.5, 0.6) is 23.0 Å². The quantitative estimate of drug-likeness (QED) is 0.0658. The van der Waals surface area contributed by atoms with Gasteiger partial charge >= 0.3 is 12.4 Å². The third kappa shape index (κ3) is 16.3. The van der Waals surface area contributed by atoms with Crippen molar-refractivity contribution in [1.29, 1.82) is 0 Å². The summed E-state index contributed by atoms with van der Waals surface area (Å²) in [6, 6.07) is 40.7. The molecule has 4 aliphatic carbocycles. The van der Waals surface area contributed by atoms with Crippen molar-refractivity contribution in [3.63, 3.8) is 0 Å². The maximum absolute atomic E-state index is 13.9. The predicted octanol–water partition coefficient (Wildman–Crippen LogP) is 11.5. The molecule has 8 heterocycles. The van der Waals surface area contributed by atoms with Gasteiger partial charge in [-0.05, 0) is 141 Å². The van der Waals surface area contributed by atoms with Crippen molar-refractivity contribution in [3.05, 3.63) is 191 Å². The zero-order valence-corrected chi connectivity index (χ0v) is 53.9. The van der Waals surface area contributed by atoms with E-state index in [1.165, 1.54) is 27.9 Å². The van der Waals surface area contributed by atoms with Crippen molar-refractivity contribution < 1.29 is 68.9 Å². The lowest BCUT2D eigenvalue weighted by atomic mass is 10.1. The number of aromatic nitrogens is 8. The first-order valence-electron chi connectivity index (χ1n) is 33.2. The largest absolute Gasteiger partial charge is 0.487 e. The SMILES string of the molecule is C[C@H]1C[C@@H]1CN1CCn2nc(COc3ccccc3)cc2C1=O.O=C1c2cc(COc3ccccc3)nn2CCN1CC1(F)CC1.O=C1c2cc(COc3ccccc3)nn2CCN1[C@@H](C1CC1)C(F)(F)F.O=C1c2cc(COc3ccccc3)nn2CCN1[C@H](C1CC1)C(F)(F)F. The van der Waals surface area contributed by atoms with Crippen LogP contribution in [0.3, 0.4) is 0 Å². The van der Waals surface area contributed by atoms with Gasteiger partial charge in [0.2, 0.25) is 0 Å². The summed E-state index contributed by atoms with van der Waals surface area (Å²) in [7, 11) is 0. The number of nitrogens with zero attached hydrogens (tertiary/aromatic N) is 12. The Balaban J connectivity index is 0.000000118. The number of alkyl halides is 7. The molecule has 0 spiro atoms. The highest BCUT2D eigenvalue weighted by atomic mass is 19.4. The van der Waals surface area contributed by atoms with Gasteiger partial charge in [-0.25, -0.2) is 4.39 Å². The number of ether oxygens (including phenoxy) is 4. The number of rotatable bonds is 20. The van der Waals surface area contributed by atoms with Crippen LogP contribution in [0, 0.1) is 23.7 Å². The Kier molecular flexibility index (Phi) is 19.4. The van der Waals surface area contributed by atoms with Crippen molar-refractivity contribution in [2.24, 2.45) is 23.7 Å². The molecule has 8 aromatic rings. The molecule has 16 rings (SSSR count). The summed E-state index contributed by atoms with van der Waals surface area (Å²) in [4.78, 5) is 55.9. The molecule has 20 nitrogen and oxygen atoms in total. The van der Waals surface area contributed by atoms with E-state index in [0.717, 1.165) is 52.5 Å². The monoisotopic (exact) mass is 1360 g/mol. The highest BCUT2D eigenvalue weighted by Crippen LogP contribution is 2.46. The van der Waals surface area contributed by atoms with E-state index < -0.39 is 53.8 Å². The average Bonchev–Trinajstić information content (AvgIpc) is 1.58. The van der Waals surface area contributed by atoms with Crippen LogP contribution in [-0.4, -0.2) is 152 Å². The Bertz CT molecular complexity index is 3940. The summed E-state index contributed by atoms with van der Waals surface area (Å²) >= 11 is 0. The molecule has 516 valence electrons. The van der Waals surface area contributed by atoms with Gasteiger partial charge in [-0.2, -0.15) is 46.7 Å². The van der Waals surface area contributed by atoms with Gasteiger partial charge in [0.25, 0.3) is 23.6 Å². The molecule has 27 heteroatoms. The molecule has 0 radical (unpaired) electrons. The normalized spacial score (nSPS) is 19.6. The minimum absolute atomic E-state index is 0.0210. The minimum atomic E-state index is -4.40. The second-order valence-electron chi connectivity index (χ2n) is 26.1. The third-order valence-corrected chi connectivity index (χ3v) is 18.6. The standard InChI is InChI=1S/2C18H18F3N3O2.C18H21N3O2.C17H18FN3O2/c2*19-18(20,21)16(12-6-7-12)23-8-9-24-15(17(23)25)10-13(22-24)11-26-14-4-2-1-3-5-14;1-13-9-14(13)11-20-7-8-21-17(18(20)22)10-15(19-21)12-23-16-5-3-2-4-6-16;18-17(6-7-17)12-20-8-9-21-15(16(20)22)10-13(19-21)11-23-14-4-2-1-3-5-14/h2*1-5,10,12,16H,6-9,11H2;2-6,10,13-14H,7-9,11-12H2,1H3;1-5,10H,6-9,11-12H2/t2*16-;13-,14+;/m100./s1.